The quantitative estimate of drug-likeness (QED) is 0.643. The van der Waals surface area contributed by atoms with Crippen molar-refractivity contribution in [1.29, 1.82) is 0 Å². The Balaban J connectivity index is 2.15. The normalized spacial score (nSPS) is 26.5. The molecule has 2 atom stereocenters. The highest BCUT2D eigenvalue weighted by atomic mass is 16.5. The first-order valence-electron chi connectivity index (χ1n) is 5.78. The lowest BCUT2D eigenvalue weighted by molar-refractivity contribution is -0.118. The molecule has 88 valence electrons. The first-order chi connectivity index (χ1) is 7.24. The zero-order valence-corrected chi connectivity index (χ0v) is 9.50. The second-order valence-electron chi connectivity index (χ2n) is 4.19. The number of ether oxygens (including phenoxy) is 1. The maximum atomic E-state index is 10.5. The molecule has 1 fully saturated rings. The summed E-state index contributed by atoms with van der Waals surface area (Å²) in [5.41, 5.74) is 5.07. The van der Waals surface area contributed by atoms with Gasteiger partial charge in [-0.05, 0) is 25.8 Å². The first-order valence-corrected chi connectivity index (χ1v) is 5.78. The van der Waals surface area contributed by atoms with Gasteiger partial charge in [-0.15, -0.1) is 0 Å². The highest BCUT2D eigenvalue weighted by molar-refractivity contribution is 5.73. The predicted molar refractivity (Wildman–Crippen MR) is 59.5 cm³/mol. The highest BCUT2D eigenvalue weighted by Crippen LogP contribution is 2.20. The van der Waals surface area contributed by atoms with Gasteiger partial charge >= 0.3 is 0 Å². The second kappa shape index (κ2) is 6.80. The molecule has 1 aliphatic carbocycles. The van der Waals surface area contributed by atoms with Crippen LogP contribution >= 0.6 is 0 Å². The van der Waals surface area contributed by atoms with E-state index >= 15 is 0 Å². The fourth-order valence-electron chi connectivity index (χ4n) is 2.16. The summed E-state index contributed by atoms with van der Waals surface area (Å²) in [5, 5.41) is 3.45. The summed E-state index contributed by atoms with van der Waals surface area (Å²) in [6, 6.07) is 0.455. The zero-order valence-electron chi connectivity index (χ0n) is 9.50. The van der Waals surface area contributed by atoms with Gasteiger partial charge in [0.1, 0.15) is 0 Å². The van der Waals surface area contributed by atoms with Gasteiger partial charge in [-0.3, -0.25) is 4.79 Å². The number of amides is 1. The van der Waals surface area contributed by atoms with Gasteiger partial charge in [-0.2, -0.15) is 0 Å². The van der Waals surface area contributed by atoms with Crippen LogP contribution in [0, 0.1) is 0 Å². The molecule has 0 aromatic heterocycles. The van der Waals surface area contributed by atoms with Gasteiger partial charge in [0, 0.05) is 19.6 Å². The zero-order chi connectivity index (χ0) is 11.1. The summed E-state index contributed by atoms with van der Waals surface area (Å²) in [7, 11) is 1.77. The summed E-state index contributed by atoms with van der Waals surface area (Å²) < 4.78 is 5.43. The maximum absolute atomic E-state index is 10.5. The van der Waals surface area contributed by atoms with Crippen LogP contribution in [0.1, 0.15) is 38.5 Å². The minimum absolute atomic E-state index is 0.219. The minimum atomic E-state index is -0.219. The highest BCUT2D eigenvalue weighted by Gasteiger charge is 2.23. The molecule has 1 amide bonds. The van der Waals surface area contributed by atoms with Crippen molar-refractivity contribution in [3.63, 3.8) is 0 Å². The van der Waals surface area contributed by atoms with Crippen molar-refractivity contribution in [3.8, 4) is 0 Å². The lowest BCUT2D eigenvalue weighted by Crippen LogP contribution is -2.43. The summed E-state index contributed by atoms with van der Waals surface area (Å²) in [6.07, 6.45) is 6.48. The van der Waals surface area contributed by atoms with E-state index in [9.17, 15) is 4.79 Å². The maximum Gasteiger partial charge on any atom is 0.217 e. The largest absolute Gasteiger partial charge is 0.380 e. The third kappa shape index (κ3) is 4.62. The average molecular weight is 214 g/mol. The van der Waals surface area contributed by atoms with Crippen LogP contribution in [0.15, 0.2) is 0 Å². The Bertz CT molecular complexity index is 197. The van der Waals surface area contributed by atoms with Gasteiger partial charge in [0.2, 0.25) is 5.91 Å². The molecular formula is C11H22N2O2. The number of hydrogen-bond donors (Lipinski definition) is 2. The smallest absolute Gasteiger partial charge is 0.217 e. The van der Waals surface area contributed by atoms with Gasteiger partial charge in [0.15, 0.2) is 0 Å². The number of carbonyl (C=O) groups excluding carboxylic acids is 1. The third-order valence-corrected chi connectivity index (χ3v) is 3.01. The molecule has 1 saturated carbocycles. The molecule has 4 nitrogen and oxygen atoms in total. The Kier molecular flexibility index (Phi) is 5.65. The van der Waals surface area contributed by atoms with Crippen molar-refractivity contribution in [2.75, 3.05) is 13.7 Å². The van der Waals surface area contributed by atoms with Crippen LogP contribution in [-0.2, 0) is 9.53 Å². The van der Waals surface area contributed by atoms with Crippen molar-refractivity contribution in [2.45, 2.75) is 50.7 Å². The number of carbonyl (C=O) groups is 1. The molecule has 0 saturated heterocycles. The molecular weight excluding hydrogens is 192 g/mol. The van der Waals surface area contributed by atoms with Crippen LogP contribution in [0.2, 0.25) is 0 Å². The van der Waals surface area contributed by atoms with Crippen LogP contribution in [0.25, 0.3) is 0 Å². The van der Waals surface area contributed by atoms with Crippen LogP contribution in [0.5, 0.6) is 0 Å². The number of nitrogens with one attached hydrogen (secondary N) is 1. The third-order valence-electron chi connectivity index (χ3n) is 3.01. The van der Waals surface area contributed by atoms with E-state index in [1.54, 1.807) is 7.11 Å². The molecule has 1 rings (SSSR count). The molecule has 0 spiro atoms. The van der Waals surface area contributed by atoms with E-state index in [4.69, 9.17) is 10.5 Å². The van der Waals surface area contributed by atoms with Gasteiger partial charge in [0.05, 0.1) is 6.10 Å². The summed E-state index contributed by atoms with van der Waals surface area (Å²) in [6.45, 7) is 0.855. The second-order valence-corrected chi connectivity index (χ2v) is 4.19. The van der Waals surface area contributed by atoms with Crippen LogP contribution in [0.4, 0.5) is 0 Å². The molecule has 2 unspecified atom stereocenters. The molecule has 0 aromatic carbocycles. The number of primary amides is 1. The Morgan fingerprint density at radius 3 is 2.87 bits per heavy atom. The van der Waals surface area contributed by atoms with E-state index in [1.807, 2.05) is 0 Å². The lowest BCUT2D eigenvalue weighted by Gasteiger charge is -2.31. The monoisotopic (exact) mass is 214 g/mol. The van der Waals surface area contributed by atoms with E-state index in [0.29, 0.717) is 18.6 Å². The summed E-state index contributed by atoms with van der Waals surface area (Å²) >= 11 is 0. The number of methoxy groups -OCH3 is 1. The number of hydrogen-bond acceptors (Lipinski definition) is 3. The van der Waals surface area contributed by atoms with Gasteiger partial charge in [-0.25, -0.2) is 0 Å². The van der Waals surface area contributed by atoms with Gasteiger partial charge < -0.3 is 15.8 Å². The van der Waals surface area contributed by atoms with Crippen molar-refractivity contribution >= 4 is 5.91 Å². The van der Waals surface area contributed by atoms with E-state index < -0.39 is 0 Å². The molecule has 0 heterocycles. The van der Waals surface area contributed by atoms with Crippen molar-refractivity contribution in [3.05, 3.63) is 0 Å². The molecule has 0 aromatic rings. The first kappa shape index (κ1) is 12.5. The average Bonchev–Trinajstić information content (AvgIpc) is 2.24. The topological polar surface area (TPSA) is 64.3 Å². The van der Waals surface area contributed by atoms with E-state index in [2.05, 4.69) is 5.32 Å². The lowest BCUT2D eigenvalue weighted by atomic mass is 9.92. The van der Waals surface area contributed by atoms with Crippen LogP contribution in [0.3, 0.4) is 0 Å². The SMILES string of the molecule is COC1CCCCC1NCCCC(N)=O. The molecule has 4 heteroatoms. The number of rotatable bonds is 6. The Hall–Kier alpha value is -0.610. The van der Waals surface area contributed by atoms with Gasteiger partial charge in [-0.1, -0.05) is 12.8 Å². The van der Waals surface area contributed by atoms with E-state index in [-0.39, 0.29) is 5.91 Å². The van der Waals surface area contributed by atoms with E-state index in [1.165, 1.54) is 19.3 Å². The number of nitrogens with two attached hydrogens (primary N) is 1. The Morgan fingerprint density at radius 1 is 1.47 bits per heavy atom. The molecule has 0 radical (unpaired) electrons. The van der Waals surface area contributed by atoms with Crippen molar-refractivity contribution in [2.24, 2.45) is 5.73 Å². The fourth-order valence-corrected chi connectivity index (χ4v) is 2.16. The van der Waals surface area contributed by atoms with Gasteiger partial charge in [0.25, 0.3) is 0 Å². The minimum Gasteiger partial charge on any atom is -0.380 e. The standard InChI is InChI=1S/C11H22N2O2/c1-15-10-6-3-2-5-9(10)13-8-4-7-11(12)14/h9-10,13H,2-8H2,1H3,(H2,12,14). The molecule has 0 aliphatic heterocycles. The molecule has 15 heavy (non-hydrogen) atoms. The van der Waals surface area contributed by atoms with Crippen LogP contribution < -0.4 is 11.1 Å². The van der Waals surface area contributed by atoms with E-state index in [0.717, 1.165) is 19.4 Å². The molecule has 0 bridgehead atoms. The van der Waals surface area contributed by atoms with Crippen molar-refractivity contribution in [1.82, 2.24) is 5.32 Å². The molecule has 1 aliphatic rings. The van der Waals surface area contributed by atoms with Crippen LogP contribution in [-0.4, -0.2) is 31.7 Å². The summed E-state index contributed by atoms with van der Waals surface area (Å²) in [5.74, 6) is -0.219. The Labute approximate surface area is 91.5 Å². The summed E-state index contributed by atoms with van der Waals surface area (Å²) in [4.78, 5) is 10.5. The van der Waals surface area contributed by atoms with Crippen molar-refractivity contribution < 1.29 is 9.53 Å². The predicted octanol–water partition coefficient (Wildman–Crippen LogP) is 0.799. The fraction of sp³-hybridized carbons (Fsp3) is 0.909. The molecule has 3 N–H and O–H groups in total. The Morgan fingerprint density at radius 2 is 2.20 bits per heavy atom.